The highest BCUT2D eigenvalue weighted by Crippen LogP contribution is 2.29. The van der Waals surface area contributed by atoms with Crippen LogP contribution < -0.4 is 4.74 Å². The monoisotopic (exact) mass is 207 g/mol. The number of nitrogens with zero attached hydrogens (tertiary/aromatic N) is 1. The van der Waals surface area contributed by atoms with Crippen LogP contribution in [0.4, 0.5) is 5.69 Å². The van der Waals surface area contributed by atoms with E-state index in [1.54, 1.807) is 6.07 Å². The summed E-state index contributed by atoms with van der Waals surface area (Å²) < 4.78 is 4.96. The summed E-state index contributed by atoms with van der Waals surface area (Å²) in [5.41, 5.74) is 0.199. The zero-order valence-corrected chi connectivity index (χ0v) is 8.04. The minimum absolute atomic E-state index is 0.0903. The van der Waals surface area contributed by atoms with Crippen LogP contribution in [0, 0.1) is 10.1 Å². The van der Waals surface area contributed by atoms with Crippen molar-refractivity contribution in [1.82, 2.24) is 0 Å². The highest BCUT2D eigenvalue weighted by molar-refractivity contribution is 5.78. The van der Waals surface area contributed by atoms with E-state index in [1.807, 2.05) is 0 Å². The molecule has 0 aliphatic heterocycles. The van der Waals surface area contributed by atoms with Crippen molar-refractivity contribution in [1.29, 1.82) is 0 Å². The Kier molecular flexibility index (Phi) is 3.56. The molecule has 1 rings (SSSR count). The van der Waals surface area contributed by atoms with Gasteiger partial charge in [-0.15, -0.1) is 0 Å². The topological polar surface area (TPSA) is 69.4 Å². The molecule has 0 atom stereocenters. The maximum atomic E-state index is 10.7. The number of nitro groups is 1. The van der Waals surface area contributed by atoms with Crippen molar-refractivity contribution in [3.8, 4) is 5.75 Å². The molecule has 5 heteroatoms. The SMILES string of the molecule is COc1cccc([N+](=O)[O-])c1C=CC=O. The summed E-state index contributed by atoms with van der Waals surface area (Å²) in [4.78, 5) is 20.3. The van der Waals surface area contributed by atoms with Crippen LogP contribution in [0.15, 0.2) is 24.3 Å². The van der Waals surface area contributed by atoms with Crippen LogP contribution in [-0.2, 0) is 4.79 Å². The van der Waals surface area contributed by atoms with Crippen LogP contribution in [0.2, 0.25) is 0 Å². The lowest BCUT2D eigenvalue weighted by molar-refractivity contribution is -0.385. The number of allylic oxidation sites excluding steroid dienone is 1. The smallest absolute Gasteiger partial charge is 0.280 e. The minimum atomic E-state index is -0.521. The molecular weight excluding hydrogens is 198 g/mol. The molecule has 78 valence electrons. The van der Waals surface area contributed by atoms with Gasteiger partial charge in [0.1, 0.15) is 12.0 Å². The summed E-state index contributed by atoms with van der Waals surface area (Å²) in [6.45, 7) is 0. The van der Waals surface area contributed by atoms with E-state index in [-0.39, 0.29) is 11.3 Å². The van der Waals surface area contributed by atoms with Gasteiger partial charge in [-0.05, 0) is 18.2 Å². The van der Waals surface area contributed by atoms with E-state index in [0.29, 0.717) is 12.0 Å². The van der Waals surface area contributed by atoms with E-state index in [4.69, 9.17) is 4.74 Å². The standard InChI is InChI=1S/C10H9NO4/c1-15-10-6-2-5-9(11(13)14)8(10)4-3-7-12/h2-7H,1H3. The first-order valence-corrected chi connectivity index (χ1v) is 4.14. The third-order valence-electron chi connectivity index (χ3n) is 1.80. The lowest BCUT2D eigenvalue weighted by Gasteiger charge is -2.04. The van der Waals surface area contributed by atoms with Crippen molar-refractivity contribution >= 4 is 18.0 Å². The zero-order valence-electron chi connectivity index (χ0n) is 8.04. The second-order valence-corrected chi connectivity index (χ2v) is 2.65. The number of ether oxygens (including phenoxy) is 1. The van der Waals surface area contributed by atoms with Gasteiger partial charge in [-0.3, -0.25) is 14.9 Å². The predicted octanol–water partition coefficient (Wildman–Crippen LogP) is 1.82. The van der Waals surface area contributed by atoms with E-state index in [2.05, 4.69) is 0 Å². The number of benzene rings is 1. The quantitative estimate of drug-likeness (QED) is 0.327. The molecule has 0 fully saturated rings. The number of aldehydes is 1. The Morgan fingerprint density at radius 2 is 2.20 bits per heavy atom. The van der Waals surface area contributed by atoms with Crippen LogP contribution in [0.25, 0.3) is 6.08 Å². The van der Waals surface area contributed by atoms with E-state index in [9.17, 15) is 14.9 Å². The third kappa shape index (κ3) is 2.40. The number of carbonyl (C=O) groups is 1. The molecule has 0 amide bonds. The Balaban J connectivity index is 3.32. The van der Waals surface area contributed by atoms with Gasteiger partial charge in [-0.1, -0.05) is 6.07 Å². The van der Waals surface area contributed by atoms with Gasteiger partial charge in [0.05, 0.1) is 17.6 Å². The Morgan fingerprint density at radius 1 is 1.47 bits per heavy atom. The van der Waals surface area contributed by atoms with Crippen LogP contribution in [-0.4, -0.2) is 18.3 Å². The molecule has 0 radical (unpaired) electrons. The summed E-state index contributed by atoms with van der Waals surface area (Å²) in [7, 11) is 1.41. The van der Waals surface area contributed by atoms with Crippen LogP contribution in [0.5, 0.6) is 5.75 Å². The van der Waals surface area contributed by atoms with E-state index >= 15 is 0 Å². The fraction of sp³-hybridized carbons (Fsp3) is 0.100. The first-order chi connectivity index (χ1) is 7.20. The second-order valence-electron chi connectivity index (χ2n) is 2.65. The molecule has 0 aliphatic carbocycles. The van der Waals surface area contributed by atoms with Crippen molar-refractivity contribution in [2.45, 2.75) is 0 Å². The normalized spacial score (nSPS) is 10.2. The minimum Gasteiger partial charge on any atom is -0.496 e. The summed E-state index contributed by atoms with van der Waals surface area (Å²) >= 11 is 0. The number of hydrogen-bond acceptors (Lipinski definition) is 4. The van der Waals surface area contributed by atoms with E-state index in [1.165, 1.54) is 31.4 Å². The summed E-state index contributed by atoms with van der Waals surface area (Å²) in [6.07, 6.45) is 3.09. The summed E-state index contributed by atoms with van der Waals surface area (Å²) in [5.74, 6) is 0.363. The van der Waals surface area contributed by atoms with Crippen molar-refractivity contribution in [2.75, 3.05) is 7.11 Å². The highest BCUT2D eigenvalue weighted by atomic mass is 16.6. The van der Waals surface area contributed by atoms with Crippen molar-refractivity contribution in [3.63, 3.8) is 0 Å². The largest absolute Gasteiger partial charge is 0.496 e. The molecule has 1 aromatic carbocycles. The molecule has 0 spiro atoms. The van der Waals surface area contributed by atoms with Crippen molar-refractivity contribution in [2.24, 2.45) is 0 Å². The number of methoxy groups -OCH3 is 1. The fourth-order valence-corrected chi connectivity index (χ4v) is 1.17. The highest BCUT2D eigenvalue weighted by Gasteiger charge is 2.15. The number of carbonyl (C=O) groups excluding carboxylic acids is 1. The lowest BCUT2D eigenvalue weighted by Crippen LogP contribution is -1.94. The van der Waals surface area contributed by atoms with Gasteiger partial charge >= 0.3 is 0 Å². The van der Waals surface area contributed by atoms with E-state index < -0.39 is 4.92 Å². The Bertz CT molecular complexity index is 412. The summed E-state index contributed by atoms with van der Waals surface area (Å²) in [5, 5.41) is 10.7. The van der Waals surface area contributed by atoms with Gasteiger partial charge < -0.3 is 4.74 Å². The van der Waals surface area contributed by atoms with Crippen LogP contribution in [0.3, 0.4) is 0 Å². The van der Waals surface area contributed by atoms with Crippen molar-refractivity contribution in [3.05, 3.63) is 40.0 Å². The molecule has 0 saturated heterocycles. The molecule has 0 bridgehead atoms. The molecule has 0 aliphatic rings. The van der Waals surface area contributed by atoms with Crippen LogP contribution >= 0.6 is 0 Å². The summed E-state index contributed by atoms with van der Waals surface area (Å²) in [6, 6.07) is 4.47. The molecule has 0 saturated carbocycles. The Labute approximate surface area is 86.1 Å². The molecule has 0 unspecified atom stereocenters. The van der Waals surface area contributed by atoms with Gasteiger partial charge in [-0.2, -0.15) is 0 Å². The Morgan fingerprint density at radius 3 is 2.73 bits per heavy atom. The maximum Gasteiger partial charge on any atom is 0.280 e. The lowest BCUT2D eigenvalue weighted by atomic mass is 10.1. The van der Waals surface area contributed by atoms with Gasteiger partial charge in [-0.25, -0.2) is 0 Å². The zero-order chi connectivity index (χ0) is 11.3. The molecule has 1 aromatic rings. The molecule has 0 N–H and O–H groups in total. The predicted molar refractivity (Wildman–Crippen MR) is 54.7 cm³/mol. The fourth-order valence-electron chi connectivity index (χ4n) is 1.17. The number of nitro benzene ring substituents is 1. The second kappa shape index (κ2) is 4.90. The average molecular weight is 207 g/mol. The molecule has 0 aromatic heterocycles. The maximum absolute atomic E-state index is 10.7. The molecule has 15 heavy (non-hydrogen) atoms. The third-order valence-corrected chi connectivity index (χ3v) is 1.80. The van der Waals surface area contributed by atoms with Gasteiger partial charge in [0.2, 0.25) is 0 Å². The average Bonchev–Trinajstić information content (AvgIpc) is 2.25. The molecule has 0 heterocycles. The Hall–Kier alpha value is -2.17. The number of rotatable bonds is 4. The van der Waals surface area contributed by atoms with Gasteiger partial charge in [0, 0.05) is 6.07 Å². The first-order valence-electron chi connectivity index (χ1n) is 4.14. The molecule has 5 nitrogen and oxygen atoms in total. The van der Waals surface area contributed by atoms with Crippen LogP contribution in [0.1, 0.15) is 5.56 Å². The van der Waals surface area contributed by atoms with E-state index in [0.717, 1.165) is 0 Å². The molecular formula is C10H9NO4. The first kappa shape index (κ1) is 10.9. The number of hydrogen-bond donors (Lipinski definition) is 0. The van der Waals surface area contributed by atoms with Crippen molar-refractivity contribution < 1.29 is 14.5 Å². The van der Waals surface area contributed by atoms with Gasteiger partial charge in [0.25, 0.3) is 5.69 Å². The van der Waals surface area contributed by atoms with Gasteiger partial charge in [0.15, 0.2) is 0 Å².